The first-order chi connectivity index (χ1) is 13.3. The van der Waals surface area contributed by atoms with Gasteiger partial charge in [-0.15, -0.1) is 10.2 Å². The van der Waals surface area contributed by atoms with Crippen molar-refractivity contribution in [3.63, 3.8) is 0 Å². The van der Waals surface area contributed by atoms with Crippen LogP contribution in [0.3, 0.4) is 0 Å². The van der Waals surface area contributed by atoms with Gasteiger partial charge in [0, 0.05) is 24.7 Å². The standard InChI is InChI=1S/C17H12ClF3N4O3/c18-10-6-11(17(19,20)21)15-24-23-14(25(15)7-10)3-4-22-16(26)9-1-2-12-13(5-9)28-8-27-12/h1-2,5-7H,3-4,8H2,(H,22,26). The molecule has 1 aliphatic heterocycles. The molecule has 0 aliphatic carbocycles. The van der Waals surface area contributed by atoms with Crippen LogP contribution >= 0.6 is 11.6 Å². The molecule has 0 saturated heterocycles. The van der Waals surface area contributed by atoms with Crippen LogP contribution in [0.4, 0.5) is 13.2 Å². The minimum atomic E-state index is -4.61. The van der Waals surface area contributed by atoms with E-state index in [-0.39, 0.29) is 42.2 Å². The van der Waals surface area contributed by atoms with Gasteiger partial charge >= 0.3 is 6.18 Å². The van der Waals surface area contributed by atoms with Gasteiger partial charge < -0.3 is 14.8 Å². The van der Waals surface area contributed by atoms with Gasteiger partial charge in [-0.05, 0) is 24.3 Å². The number of halogens is 4. The van der Waals surface area contributed by atoms with Crippen molar-refractivity contribution in [3.8, 4) is 11.5 Å². The summed E-state index contributed by atoms with van der Waals surface area (Å²) >= 11 is 5.80. The number of fused-ring (bicyclic) bond motifs is 2. The lowest BCUT2D eigenvalue weighted by Gasteiger charge is -2.09. The van der Waals surface area contributed by atoms with Crippen molar-refractivity contribution in [1.82, 2.24) is 19.9 Å². The molecule has 0 saturated carbocycles. The molecule has 28 heavy (non-hydrogen) atoms. The summed E-state index contributed by atoms with van der Waals surface area (Å²) in [7, 11) is 0. The average molecular weight is 413 g/mol. The lowest BCUT2D eigenvalue weighted by Crippen LogP contribution is -2.26. The first kappa shape index (κ1) is 18.4. The van der Waals surface area contributed by atoms with E-state index in [9.17, 15) is 18.0 Å². The Morgan fingerprint density at radius 2 is 2.00 bits per heavy atom. The van der Waals surface area contributed by atoms with Gasteiger partial charge in [0.2, 0.25) is 6.79 Å². The number of hydrogen-bond acceptors (Lipinski definition) is 5. The Kier molecular flexibility index (Phi) is 4.50. The Morgan fingerprint density at radius 3 is 2.79 bits per heavy atom. The highest BCUT2D eigenvalue weighted by Crippen LogP contribution is 2.34. The van der Waals surface area contributed by atoms with E-state index in [1.807, 2.05) is 0 Å². The molecule has 11 heteroatoms. The van der Waals surface area contributed by atoms with E-state index < -0.39 is 11.7 Å². The summed E-state index contributed by atoms with van der Waals surface area (Å²) in [6.07, 6.45) is -3.14. The van der Waals surface area contributed by atoms with E-state index >= 15 is 0 Å². The lowest BCUT2D eigenvalue weighted by atomic mass is 10.2. The topological polar surface area (TPSA) is 77.8 Å². The number of rotatable bonds is 4. The highest BCUT2D eigenvalue weighted by Gasteiger charge is 2.35. The zero-order valence-electron chi connectivity index (χ0n) is 14.1. The fourth-order valence-electron chi connectivity index (χ4n) is 2.81. The van der Waals surface area contributed by atoms with Gasteiger partial charge in [-0.3, -0.25) is 9.20 Å². The molecule has 1 N–H and O–H groups in total. The van der Waals surface area contributed by atoms with Gasteiger partial charge in [0.1, 0.15) is 11.4 Å². The molecule has 3 aromatic rings. The van der Waals surface area contributed by atoms with Crippen LogP contribution in [0.25, 0.3) is 5.65 Å². The van der Waals surface area contributed by atoms with E-state index in [1.165, 1.54) is 10.6 Å². The van der Waals surface area contributed by atoms with Crippen LogP contribution in [0.1, 0.15) is 21.7 Å². The second-order valence-corrected chi connectivity index (χ2v) is 6.39. The zero-order chi connectivity index (χ0) is 19.9. The van der Waals surface area contributed by atoms with Gasteiger partial charge in [-0.1, -0.05) is 11.6 Å². The number of amides is 1. The number of carbonyl (C=O) groups is 1. The van der Waals surface area contributed by atoms with Gasteiger partial charge in [0.25, 0.3) is 5.91 Å². The molecule has 0 unspecified atom stereocenters. The maximum absolute atomic E-state index is 13.1. The van der Waals surface area contributed by atoms with Crippen LogP contribution in [0, 0.1) is 0 Å². The number of benzene rings is 1. The van der Waals surface area contributed by atoms with Crippen LogP contribution in [-0.2, 0) is 12.6 Å². The number of carbonyl (C=O) groups excluding carboxylic acids is 1. The van der Waals surface area contributed by atoms with Crippen LogP contribution in [-0.4, -0.2) is 33.8 Å². The number of alkyl halides is 3. The predicted octanol–water partition coefficient (Wildman–Crippen LogP) is 3.10. The minimum absolute atomic E-state index is 0.0923. The quantitative estimate of drug-likeness (QED) is 0.712. The first-order valence-electron chi connectivity index (χ1n) is 8.11. The SMILES string of the molecule is O=C(NCCc1nnc2c(C(F)(F)F)cc(Cl)cn12)c1ccc2c(c1)OCO2. The number of pyridine rings is 1. The summed E-state index contributed by atoms with van der Waals surface area (Å²) in [6, 6.07) is 5.57. The van der Waals surface area contributed by atoms with Crippen LogP contribution in [0.2, 0.25) is 5.02 Å². The molecule has 1 aromatic carbocycles. The summed E-state index contributed by atoms with van der Waals surface area (Å²) in [5.74, 6) is 0.921. The van der Waals surface area contributed by atoms with Crippen LogP contribution < -0.4 is 14.8 Å². The summed E-state index contributed by atoms with van der Waals surface area (Å²) in [5.41, 5.74) is -0.935. The van der Waals surface area contributed by atoms with Crippen molar-refractivity contribution < 1.29 is 27.4 Å². The van der Waals surface area contributed by atoms with Gasteiger partial charge in [-0.2, -0.15) is 13.2 Å². The highest BCUT2D eigenvalue weighted by molar-refractivity contribution is 6.30. The van der Waals surface area contributed by atoms with Gasteiger partial charge in [0.15, 0.2) is 17.1 Å². The molecule has 2 aromatic heterocycles. The molecule has 0 radical (unpaired) electrons. The highest BCUT2D eigenvalue weighted by atomic mass is 35.5. The zero-order valence-corrected chi connectivity index (χ0v) is 14.8. The summed E-state index contributed by atoms with van der Waals surface area (Å²) in [4.78, 5) is 12.3. The molecular formula is C17H12ClF3N4O3. The van der Waals surface area contributed by atoms with E-state index in [1.54, 1.807) is 18.2 Å². The largest absolute Gasteiger partial charge is 0.454 e. The third-order valence-electron chi connectivity index (χ3n) is 4.12. The maximum Gasteiger partial charge on any atom is 0.420 e. The number of aromatic nitrogens is 3. The number of hydrogen-bond donors (Lipinski definition) is 1. The number of nitrogens with one attached hydrogen (secondary N) is 1. The Labute approximate surface area is 161 Å². The van der Waals surface area contributed by atoms with Crippen molar-refractivity contribution in [1.29, 1.82) is 0 Å². The lowest BCUT2D eigenvalue weighted by molar-refractivity contribution is -0.136. The summed E-state index contributed by atoms with van der Waals surface area (Å²) < 4.78 is 51.0. The van der Waals surface area contributed by atoms with E-state index in [0.717, 1.165) is 6.07 Å². The Morgan fingerprint density at radius 1 is 1.21 bits per heavy atom. The molecule has 1 aliphatic rings. The fraction of sp³-hybridized carbons (Fsp3) is 0.235. The molecule has 7 nitrogen and oxygen atoms in total. The van der Waals surface area contributed by atoms with Crippen LogP contribution in [0.15, 0.2) is 30.5 Å². The van der Waals surface area contributed by atoms with Crippen molar-refractivity contribution in [2.45, 2.75) is 12.6 Å². The Bertz CT molecular complexity index is 1070. The van der Waals surface area contributed by atoms with Crippen molar-refractivity contribution in [2.24, 2.45) is 0 Å². The predicted molar refractivity (Wildman–Crippen MR) is 91.6 cm³/mol. The molecular weight excluding hydrogens is 401 g/mol. The molecule has 0 fully saturated rings. The molecule has 0 atom stereocenters. The monoisotopic (exact) mass is 412 g/mol. The molecule has 1 amide bonds. The third kappa shape index (κ3) is 3.42. The van der Waals surface area contributed by atoms with E-state index in [2.05, 4.69) is 15.5 Å². The summed E-state index contributed by atoms with van der Waals surface area (Å²) in [6.45, 7) is 0.241. The van der Waals surface area contributed by atoms with Gasteiger partial charge in [-0.25, -0.2) is 0 Å². The Hall–Kier alpha value is -3.01. The van der Waals surface area contributed by atoms with Gasteiger partial charge in [0.05, 0.1) is 5.02 Å². The molecule has 146 valence electrons. The third-order valence-corrected chi connectivity index (χ3v) is 4.32. The van der Waals surface area contributed by atoms with E-state index in [0.29, 0.717) is 17.1 Å². The normalized spacial score (nSPS) is 13.1. The van der Waals surface area contributed by atoms with Crippen molar-refractivity contribution >= 4 is 23.2 Å². The number of ether oxygens (including phenoxy) is 2. The summed E-state index contributed by atoms with van der Waals surface area (Å²) in [5, 5.41) is 10.00. The minimum Gasteiger partial charge on any atom is -0.454 e. The molecule has 0 spiro atoms. The fourth-order valence-corrected chi connectivity index (χ4v) is 3.02. The second kappa shape index (κ2) is 6.86. The van der Waals surface area contributed by atoms with Crippen molar-refractivity contribution in [3.05, 3.63) is 52.4 Å². The van der Waals surface area contributed by atoms with Crippen molar-refractivity contribution in [2.75, 3.05) is 13.3 Å². The average Bonchev–Trinajstić information content (AvgIpc) is 3.26. The maximum atomic E-state index is 13.1. The molecule has 3 heterocycles. The van der Waals surface area contributed by atoms with E-state index in [4.69, 9.17) is 21.1 Å². The Balaban J connectivity index is 1.47. The first-order valence-corrected chi connectivity index (χ1v) is 8.49. The molecule has 0 bridgehead atoms. The number of nitrogens with zero attached hydrogens (tertiary/aromatic N) is 3. The second-order valence-electron chi connectivity index (χ2n) is 5.95. The smallest absolute Gasteiger partial charge is 0.420 e. The molecule has 4 rings (SSSR count). The van der Waals surface area contributed by atoms with Crippen LogP contribution in [0.5, 0.6) is 11.5 Å².